The summed E-state index contributed by atoms with van der Waals surface area (Å²) in [6, 6.07) is 0. The minimum absolute atomic E-state index is 0.0254. The van der Waals surface area contributed by atoms with E-state index in [1.165, 1.54) is 0 Å². The minimum atomic E-state index is -1.87. The summed E-state index contributed by atoms with van der Waals surface area (Å²) in [5, 5.41) is 0. The molecule has 0 heterocycles. The largest absolute Gasteiger partial charge is 0.412 e. The molecule has 0 N–H and O–H groups in total. The van der Waals surface area contributed by atoms with Crippen molar-refractivity contribution in [1.82, 2.24) is 0 Å². The highest BCUT2D eigenvalue weighted by Gasteiger charge is 2.52. The molecule has 0 aliphatic heterocycles. The van der Waals surface area contributed by atoms with Crippen LogP contribution in [0.3, 0.4) is 0 Å². The highest BCUT2D eigenvalue weighted by Crippen LogP contribution is 2.37. The van der Waals surface area contributed by atoms with Gasteiger partial charge >= 0.3 is 0 Å². The van der Waals surface area contributed by atoms with Gasteiger partial charge in [-0.05, 0) is 98.2 Å². The number of hydrogen-bond donors (Lipinski definition) is 0. The third-order valence-corrected chi connectivity index (χ3v) is 9.28. The molecule has 0 aromatic rings. The quantitative estimate of drug-likeness (QED) is 0.306. The second kappa shape index (κ2) is 10.2. The number of rotatable bonds is 10. The van der Waals surface area contributed by atoms with Crippen LogP contribution in [0.2, 0.25) is 98.2 Å². The molecule has 5 nitrogen and oxygen atoms in total. The van der Waals surface area contributed by atoms with Crippen LogP contribution in [0.4, 0.5) is 0 Å². The van der Waals surface area contributed by atoms with E-state index in [0.717, 1.165) is 6.42 Å². The maximum atomic E-state index is 6.89. The lowest BCUT2D eigenvalue weighted by atomic mass is 9.87. The first-order valence-electron chi connectivity index (χ1n) is 11.8. The van der Waals surface area contributed by atoms with E-state index in [1.807, 2.05) is 0 Å². The third-order valence-electron chi connectivity index (χ3n) is 4.32. The van der Waals surface area contributed by atoms with Crippen LogP contribution in [0.25, 0.3) is 0 Å². The molecule has 0 saturated heterocycles. The Morgan fingerprint density at radius 1 is 0.355 bits per heavy atom. The van der Waals surface area contributed by atoms with Gasteiger partial charge < -0.3 is 22.1 Å². The predicted octanol–water partition coefficient (Wildman–Crippen LogP) is 6.49. The lowest BCUT2D eigenvalue weighted by Crippen LogP contribution is -2.66. The fourth-order valence-electron chi connectivity index (χ4n) is 3.89. The normalized spacial score (nSPS) is 29.3. The first-order chi connectivity index (χ1) is 13.5. The van der Waals surface area contributed by atoms with Gasteiger partial charge in [0.1, 0.15) is 0 Å². The van der Waals surface area contributed by atoms with E-state index in [-0.39, 0.29) is 30.5 Å². The van der Waals surface area contributed by atoms with Crippen LogP contribution >= 0.6 is 0 Å². The van der Waals surface area contributed by atoms with Gasteiger partial charge in [0.05, 0.1) is 30.5 Å². The van der Waals surface area contributed by atoms with Gasteiger partial charge in [0, 0.05) is 6.42 Å². The Balaban J connectivity index is 3.54. The molecule has 10 heteroatoms. The van der Waals surface area contributed by atoms with Crippen molar-refractivity contribution in [1.29, 1.82) is 0 Å². The molecule has 0 bridgehead atoms. The van der Waals surface area contributed by atoms with Crippen LogP contribution in [-0.4, -0.2) is 72.1 Å². The lowest BCUT2D eigenvalue weighted by Gasteiger charge is -2.52. The molecule has 0 radical (unpaired) electrons. The van der Waals surface area contributed by atoms with Crippen molar-refractivity contribution < 1.29 is 22.1 Å². The summed E-state index contributed by atoms with van der Waals surface area (Å²) in [6.45, 7) is 33.8. The molecule has 0 spiro atoms. The van der Waals surface area contributed by atoms with Crippen molar-refractivity contribution in [2.75, 3.05) is 0 Å². The van der Waals surface area contributed by atoms with Gasteiger partial charge in [-0.25, -0.2) is 0 Å². The molecular weight excluding hydrogens is 473 g/mol. The molecule has 4 unspecified atom stereocenters. The molecule has 186 valence electrons. The van der Waals surface area contributed by atoms with E-state index in [0.29, 0.717) is 0 Å². The highest BCUT2D eigenvalue weighted by atomic mass is 28.4. The second-order valence-electron chi connectivity index (χ2n) is 13.9. The van der Waals surface area contributed by atoms with E-state index in [9.17, 15) is 0 Å². The zero-order valence-electron chi connectivity index (χ0n) is 23.1. The zero-order chi connectivity index (χ0) is 24.6. The smallest absolute Gasteiger partial charge is 0.184 e. The van der Waals surface area contributed by atoms with Crippen LogP contribution in [0, 0.1) is 0 Å². The Kier molecular flexibility index (Phi) is 9.89. The van der Waals surface area contributed by atoms with Gasteiger partial charge in [0.25, 0.3) is 0 Å². The summed E-state index contributed by atoms with van der Waals surface area (Å²) in [5.41, 5.74) is 0. The molecule has 0 aromatic carbocycles. The van der Waals surface area contributed by atoms with Crippen LogP contribution in [0.15, 0.2) is 0 Å². The van der Waals surface area contributed by atoms with Crippen LogP contribution in [0.1, 0.15) is 6.42 Å². The summed E-state index contributed by atoms with van der Waals surface area (Å²) >= 11 is 0. The molecule has 0 amide bonds. The molecule has 0 aromatic heterocycles. The second-order valence-corrected chi connectivity index (χ2v) is 36.2. The first kappa shape index (κ1) is 29.9. The summed E-state index contributed by atoms with van der Waals surface area (Å²) in [4.78, 5) is 0. The Morgan fingerprint density at radius 3 is 0.806 bits per heavy atom. The average Bonchev–Trinajstić information content (AvgIpc) is 2.39. The molecular formula is C21H52O5Si5. The Bertz CT molecular complexity index is 527. The summed E-state index contributed by atoms with van der Waals surface area (Å²) < 4.78 is 34.1. The molecule has 1 saturated carbocycles. The summed E-state index contributed by atoms with van der Waals surface area (Å²) in [7, 11) is -9.14. The number of hydrogen-bond acceptors (Lipinski definition) is 5. The van der Waals surface area contributed by atoms with Crippen LogP contribution < -0.4 is 0 Å². The van der Waals surface area contributed by atoms with Gasteiger partial charge in [-0.1, -0.05) is 0 Å². The lowest BCUT2D eigenvalue weighted by molar-refractivity contribution is -0.150. The van der Waals surface area contributed by atoms with Gasteiger partial charge in [-0.2, -0.15) is 0 Å². The van der Waals surface area contributed by atoms with Gasteiger partial charge in [0.15, 0.2) is 41.6 Å². The van der Waals surface area contributed by atoms with E-state index in [1.54, 1.807) is 0 Å². The van der Waals surface area contributed by atoms with Crippen molar-refractivity contribution >= 4 is 41.6 Å². The van der Waals surface area contributed by atoms with Gasteiger partial charge in [0.2, 0.25) is 0 Å². The van der Waals surface area contributed by atoms with Crippen molar-refractivity contribution in [3.8, 4) is 0 Å². The Hall–Kier alpha value is 0.884. The van der Waals surface area contributed by atoms with Gasteiger partial charge in [-0.15, -0.1) is 0 Å². The fourth-order valence-corrected chi connectivity index (χ4v) is 9.46. The van der Waals surface area contributed by atoms with E-state index < -0.39 is 41.6 Å². The average molecular weight is 525 g/mol. The fraction of sp³-hybridized carbons (Fsp3) is 1.00. The van der Waals surface area contributed by atoms with Crippen molar-refractivity contribution in [2.45, 2.75) is 135 Å². The van der Waals surface area contributed by atoms with Crippen LogP contribution in [0.5, 0.6) is 0 Å². The first-order valence-corrected chi connectivity index (χ1v) is 28.9. The van der Waals surface area contributed by atoms with Gasteiger partial charge in [-0.3, -0.25) is 0 Å². The van der Waals surface area contributed by atoms with Crippen molar-refractivity contribution in [3.63, 3.8) is 0 Å². The minimum Gasteiger partial charge on any atom is -0.412 e. The molecule has 1 aliphatic carbocycles. The van der Waals surface area contributed by atoms with Crippen molar-refractivity contribution in [3.05, 3.63) is 0 Å². The van der Waals surface area contributed by atoms with Crippen molar-refractivity contribution in [2.24, 2.45) is 0 Å². The van der Waals surface area contributed by atoms with Crippen LogP contribution in [-0.2, 0) is 22.1 Å². The standard InChI is InChI=1S/C21H52O5Si5/c1-27(2,3)22-17-16-18(23-28(4,5)6)20(25-30(10,11)12)21(26-31(13,14)15)19(17)24-29(7,8)9/h17-21H,16H2,1-15H3. The maximum Gasteiger partial charge on any atom is 0.184 e. The molecule has 1 aliphatic rings. The Labute approximate surface area is 198 Å². The summed E-state index contributed by atoms with van der Waals surface area (Å²) in [6.07, 6.45) is 0.359. The maximum absolute atomic E-state index is 6.89. The molecule has 4 atom stereocenters. The third kappa shape index (κ3) is 12.2. The van der Waals surface area contributed by atoms with E-state index >= 15 is 0 Å². The van der Waals surface area contributed by atoms with E-state index in [2.05, 4.69) is 98.2 Å². The molecule has 1 fully saturated rings. The predicted molar refractivity (Wildman–Crippen MR) is 146 cm³/mol. The zero-order valence-corrected chi connectivity index (χ0v) is 28.1. The highest BCUT2D eigenvalue weighted by molar-refractivity contribution is 6.71. The molecule has 1 rings (SSSR count). The monoisotopic (exact) mass is 524 g/mol. The SMILES string of the molecule is C[Si](C)(C)OC1CC(O[Si](C)(C)C)C(O[Si](C)(C)C)C(O[Si](C)(C)C)C1O[Si](C)(C)C. The van der Waals surface area contributed by atoms with E-state index in [4.69, 9.17) is 22.1 Å². The Morgan fingerprint density at radius 2 is 0.581 bits per heavy atom. The summed E-state index contributed by atoms with van der Waals surface area (Å²) in [5.74, 6) is 0. The topological polar surface area (TPSA) is 46.2 Å². The molecule has 31 heavy (non-hydrogen) atoms.